The number of nitrogens with zero attached hydrogens (tertiary/aromatic N) is 2. The number of nitro benzene ring substituents is 1. The minimum Gasteiger partial charge on any atom is -0.381 e. The Labute approximate surface area is 145 Å². The number of sulfonamides is 1. The first kappa shape index (κ1) is 20.3. The smallest absolute Gasteiger partial charge is 0.289 e. The lowest BCUT2D eigenvalue weighted by Crippen LogP contribution is -2.33. The van der Waals surface area contributed by atoms with Crippen LogP contribution in [0.1, 0.15) is 20.3 Å². The number of nitro groups is 1. The molecule has 10 heteroatoms. The van der Waals surface area contributed by atoms with Crippen molar-refractivity contribution in [2.24, 2.45) is 5.92 Å². The molecule has 0 aromatic heterocycles. The number of ether oxygens (including phenoxy) is 1. The van der Waals surface area contributed by atoms with Crippen LogP contribution in [0.15, 0.2) is 23.1 Å². The van der Waals surface area contributed by atoms with Gasteiger partial charge in [0.25, 0.3) is 15.7 Å². The maximum absolute atomic E-state index is 12.4. The van der Waals surface area contributed by atoms with E-state index in [0.717, 1.165) is 25.2 Å². The highest BCUT2D eigenvalue weighted by Gasteiger charge is 2.27. The van der Waals surface area contributed by atoms with Crippen LogP contribution in [-0.2, 0) is 19.6 Å². The van der Waals surface area contributed by atoms with Gasteiger partial charge in [-0.3, -0.25) is 14.9 Å². The Morgan fingerprint density at radius 1 is 1.42 bits per heavy atom. The maximum atomic E-state index is 12.4. The number of halogens is 1. The summed E-state index contributed by atoms with van der Waals surface area (Å²) < 4.78 is 30.6. The lowest BCUT2D eigenvalue weighted by Gasteiger charge is -2.18. The average Bonchev–Trinajstić information content (AvgIpc) is 2.50. The Morgan fingerprint density at radius 2 is 2.04 bits per heavy atom. The molecule has 0 bridgehead atoms. The molecule has 1 aromatic rings. The molecule has 134 valence electrons. The fourth-order valence-corrected chi connectivity index (χ4v) is 3.08. The van der Waals surface area contributed by atoms with Crippen molar-refractivity contribution in [3.05, 3.63) is 33.3 Å². The quantitative estimate of drug-likeness (QED) is 0.390. The lowest BCUT2D eigenvalue weighted by atomic mass is 10.2. The molecular formula is C14H19ClN2O6S. The number of benzene rings is 1. The summed E-state index contributed by atoms with van der Waals surface area (Å²) in [5.74, 6) is -0.368. The van der Waals surface area contributed by atoms with Crippen LogP contribution in [0.5, 0.6) is 0 Å². The Kier molecular flexibility index (Phi) is 7.12. The summed E-state index contributed by atoms with van der Waals surface area (Å²) in [6.45, 7) is 4.46. The first-order valence-electron chi connectivity index (χ1n) is 7.10. The van der Waals surface area contributed by atoms with Crippen LogP contribution < -0.4 is 0 Å². The van der Waals surface area contributed by atoms with E-state index in [0.29, 0.717) is 16.8 Å². The first-order chi connectivity index (χ1) is 11.1. The molecule has 0 radical (unpaired) electrons. The van der Waals surface area contributed by atoms with Gasteiger partial charge in [-0.25, -0.2) is 12.7 Å². The van der Waals surface area contributed by atoms with E-state index in [2.05, 4.69) is 0 Å². The molecule has 0 unspecified atom stereocenters. The molecule has 1 aromatic carbocycles. The summed E-state index contributed by atoms with van der Waals surface area (Å²) in [6.07, 6.45) is -0.113. The van der Waals surface area contributed by atoms with Gasteiger partial charge in [-0.15, -0.1) is 0 Å². The molecule has 0 saturated heterocycles. The molecule has 24 heavy (non-hydrogen) atoms. The molecule has 0 heterocycles. The molecule has 0 fully saturated rings. The first-order valence-corrected chi connectivity index (χ1v) is 8.92. The van der Waals surface area contributed by atoms with Crippen molar-refractivity contribution >= 4 is 33.2 Å². The molecule has 0 N–H and O–H groups in total. The fourth-order valence-electron chi connectivity index (χ4n) is 1.72. The summed E-state index contributed by atoms with van der Waals surface area (Å²) in [5, 5.41) is 10.7. The molecule has 0 aliphatic rings. The SMILES string of the molecule is CC(C)COCCC(=O)N(C)S(=O)(=O)c1ccc(Cl)c([N+](=O)[O-])c1. The normalized spacial score (nSPS) is 11.5. The summed E-state index contributed by atoms with van der Waals surface area (Å²) >= 11 is 5.66. The second-order valence-electron chi connectivity index (χ2n) is 5.46. The highest BCUT2D eigenvalue weighted by molar-refractivity contribution is 7.89. The van der Waals surface area contributed by atoms with E-state index in [1.165, 1.54) is 0 Å². The molecule has 0 atom stereocenters. The standard InChI is InChI=1S/C14H19ClN2O6S/c1-10(2)9-23-7-6-14(18)16(3)24(21,22)11-4-5-12(15)13(8-11)17(19)20/h4-5,8,10H,6-7,9H2,1-3H3. The van der Waals surface area contributed by atoms with Crippen molar-refractivity contribution in [3.8, 4) is 0 Å². The third-order valence-electron chi connectivity index (χ3n) is 3.04. The van der Waals surface area contributed by atoms with Crippen LogP contribution in [0.2, 0.25) is 5.02 Å². The Balaban J connectivity index is 2.89. The van der Waals surface area contributed by atoms with Crippen molar-refractivity contribution in [3.63, 3.8) is 0 Å². The van der Waals surface area contributed by atoms with Crippen molar-refractivity contribution in [1.82, 2.24) is 4.31 Å². The third kappa shape index (κ3) is 5.15. The summed E-state index contributed by atoms with van der Waals surface area (Å²) in [7, 11) is -3.10. The number of carbonyl (C=O) groups is 1. The van der Waals surface area contributed by atoms with Crippen molar-refractivity contribution in [2.45, 2.75) is 25.2 Å². The highest BCUT2D eigenvalue weighted by atomic mass is 35.5. The van der Waals surface area contributed by atoms with E-state index in [1.807, 2.05) is 13.8 Å². The number of rotatable bonds is 8. The van der Waals surface area contributed by atoms with E-state index < -0.39 is 26.5 Å². The third-order valence-corrected chi connectivity index (χ3v) is 5.13. The van der Waals surface area contributed by atoms with Crippen molar-refractivity contribution in [2.75, 3.05) is 20.3 Å². The topological polar surface area (TPSA) is 107 Å². The fraction of sp³-hybridized carbons (Fsp3) is 0.500. The zero-order valence-electron chi connectivity index (χ0n) is 13.6. The van der Waals surface area contributed by atoms with E-state index >= 15 is 0 Å². The summed E-state index contributed by atoms with van der Waals surface area (Å²) in [4.78, 5) is 21.7. The predicted molar refractivity (Wildman–Crippen MR) is 88.3 cm³/mol. The number of carbonyl (C=O) groups excluding carboxylic acids is 1. The molecule has 0 aliphatic carbocycles. The van der Waals surface area contributed by atoms with Gasteiger partial charge in [-0.1, -0.05) is 25.4 Å². The van der Waals surface area contributed by atoms with E-state index in [4.69, 9.17) is 16.3 Å². The van der Waals surface area contributed by atoms with Crippen LogP contribution in [0, 0.1) is 16.0 Å². The highest BCUT2D eigenvalue weighted by Crippen LogP contribution is 2.28. The number of hydrogen-bond acceptors (Lipinski definition) is 6. The zero-order chi connectivity index (χ0) is 18.5. The Bertz CT molecular complexity index is 720. The zero-order valence-corrected chi connectivity index (χ0v) is 15.1. The molecular weight excluding hydrogens is 360 g/mol. The molecule has 0 spiro atoms. The maximum Gasteiger partial charge on any atom is 0.289 e. The monoisotopic (exact) mass is 378 g/mol. The second-order valence-corrected chi connectivity index (χ2v) is 7.83. The van der Waals surface area contributed by atoms with Gasteiger partial charge in [0.05, 0.1) is 22.8 Å². The average molecular weight is 379 g/mol. The Hall–Kier alpha value is -1.71. The van der Waals surface area contributed by atoms with Gasteiger partial charge in [0.2, 0.25) is 5.91 Å². The van der Waals surface area contributed by atoms with E-state index in [9.17, 15) is 23.3 Å². The van der Waals surface area contributed by atoms with Gasteiger partial charge >= 0.3 is 0 Å². The summed E-state index contributed by atoms with van der Waals surface area (Å²) in [5.41, 5.74) is -0.543. The second kappa shape index (κ2) is 8.41. The molecule has 0 saturated carbocycles. The molecule has 1 amide bonds. The largest absolute Gasteiger partial charge is 0.381 e. The lowest BCUT2D eigenvalue weighted by molar-refractivity contribution is -0.384. The predicted octanol–water partition coefficient (Wildman–Crippen LogP) is 2.46. The van der Waals surface area contributed by atoms with Crippen molar-refractivity contribution < 1.29 is 22.9 Å². The van der Waals surface area contributed by atoms with Gasteiger partial charge in [-0.2, -0.15) is 0 Å². The number of hydrogen-bond donors (Lipinski definition) is 0. The molecule has 1 rings (SSSR count). The molecule has 8 nitrogen and oxygen atoms in total. The minimum absolute atomic E-state index is 0.0949. The van der Waals surface area contributed by atoms with Crippen molar-refractivity contribution in [1.29, 1.82) is 0 Å². The number of amides is 1. The van der Waals surface area contributed by atoms with Crippen LogP contribution in [-0.4, -0.2) is 43.8 Å². The van der Waals surface area contributed by atoms with Crippen LogP contribution >= 0.6 is 11.6 Å². The van der Waals surface area contributed by atoms with E-state index in [1.54, 1.807) is 0 Å². The summed E-state index contributed by atoms with van der Waals surface area (Å²) in [6, 6.07) is 3.05. The van der Waals surface area contributed by atoms with Crippen LogP contribution in [0.25, 0.3) is 0 Å². The van der Waals surface area contributed by atoms with Crippen LogP contribution in [0.3, 0.4) is 0 Å². The van der Waals surface area contributed by atoms with Gasteiger partial charge in [0.15, 0.2) is 0 Å². The van der Waals surface area contributed by atoms with Gasteiger partial charge in [0.1, 0.15) is 5.02 Å². The van der Waals surface area contributed by atoms with Gasteiger partial charge in [0, 0.05) is 19.7 Å². The minimum atomic E-state index is -4.20. The van der Waals surface area contributed by atoms with Crippen LogP contribution in [0.4, 0.5) is 5.69 Å². The van der Waals surface area contributed by atoms with E-state index in [-0.39, 0.29) is 22.9 Å². The van der Waals surface area contributed by atoms with Gasteiger partial charge in [-0.05, 0) is 18.1 Å². The molecule has 0 aliphatic heterocycles. The Morgan fingerprint density at radius 3 is 2.58 bits per heavy atom. The van der Waals surface area contributed by atoms with Gasteiger partial charge < -0.3 is 4.74 Å².